The van der Waals surface area contributed by atoms with Crippen molar-refractivity contribution >= 4 is 105 Å². The van der Waals surface area contributed by atoms with Crippen LogP contribution in [0, 0.1) is 0 Å². The molecule has 4 N–H and O–H groups in total. The van der Waals surface area contributed by atoms with Gasteiger partial charge in [0.1, 0.15) is 0 Å². The van der Waals surface area contributed by atoms with Crippen LogP contribution in [0.25, 0.3) is 0 Å². The molecule has 0 unspecified atom stereocenters. The van der Waals surface area contributed by atoms with E-state index in [0.29, 0.717) is 12.2 Å². The molecule has 74 heavy (non-hydrogen) atoms. The fourth-order valence-corrected chi connectivity index (χ4v) is 9.01. The molecule has 0 saturated heterocycles. The van der Waals surface area contributed by atoms with Gasteiger partial charge in [-0.25, -0.2) is 28.8 Å². The van der Waals surface area contributed by atoms with Crippen LogP contribution in [-0.4, -0.2) is 139 Å². The van der Waals surface area contributed by atoms with Crippen molar-refractivity contribution in [2.45, 2.75) is 39.5 Å². The van der Waals surface area contributed by atoms with Crippen molar-refractivity contribution in [3.63, 3.8) is 0 Å². The Balaban J connectivity index is 1.87. The van der Waals surface area contributed by atoms with Crippen molar-refractivity contribution in [3.05, 3.63) is 123 Å². The van der Waals surface area contributed by atoms with E-state index in [0.717, 1.165) is 24.3 Å². The fraction of sp³-hybridized carbons (Fsp3) is 0.417. The van der Waals surface area contributed by atoms with Gasteiger partial charge >= 0.3 is 35.8 Å². The minimum absolute atomic E-state index is 0.0212. The first-order valence-electron chi connectivity index (χ1n) is 22.4. The van der Waals surface area contributed by atoms with E-state index in [-0.39, 0.29) is 152 Å². The highest BCUT2D eigenvalue weighted by Crippen LogP contribution is 2.49. The number of hydrogen-bond acceptors (Lipinski definition) is 20. The molecule has 2 aromatic carbocycles. The van der Waals surface area contributed by atoms with E-state index in [1.54, 1.807) is 13.8 Å². The van der Waals surface area contributed by atoms with Crippen LogP contribution in [0.5, 0.6) is 0 Å². The first-order chi connectivity index (χ1) is 35.3. The van der Waals surface area contributed by atoms with Gasteiger partial charge in [0.2, 0.25) is 0 Å². The quantitative estimate of drug-likeness (QED) is 0.0313. The fourth-order valence-electron chi connectivity index (χ4n) is 7.56. The Kier molecular flexibility index (Phi) is 24.9. The van der Waals surface area contributed by atoms with Crippen LogP contribution in [0.3, 0.4) is 0 Å². The van der Waals surface area contributed by atoms with E-state index in [2.05, 4.69) is 0 Å². The second-order valence-corrected chi connectivity index (χ2v) is 17.7. The molecule has 20 nitrogen and oxygen atoms in total. The molecule has 0 fully saturated rings. The molecule has 0 aromatic heterocycles. The Labute approximate surface area is 456 Å². The summed E-state index contributed by atoms with van der Waals surface area (Å²) in [5.41, 5.74) is 9.58. The van der Waals surface area contributed by atoms with Gasteiger partial charge in [-0.05, 0) is 63.1 Å². The number of hydroxylamine groups is 4. The smallest absolute Gasteiger partial charge is 0.356 e. The molecule has 0 radical (unpaired) electrons. The van der Waals surface area contributed by atoms with Crippen molar-refractivity contribution in [1.82, 2.24) is 10.1 Å². The monoisotopic (exact) mass is 1150 g/mol. The third-order valence-corrected chi connectivity index (χ3v) is 12.7. The van der Waals surface area contributed by atoms with E-state index in [1.165, 1.54) is 38.1 Å². The van der Waals surface area contributed by atoms with Gasteiger partial charge < -0.3 is 59.0 Å². The van der Waals surface area contributed by atoms with Crippen molar-refractivity contribution in [2.24, 2.45) is 11.5 Å². The number of allylic oxidation sites excluding steroid dienone is 2. The van der Waals surface area contributed by atoms with E-state index < -0.39 is 60.9 Å². The van der Waals surface area contributed by atoms with Gasteiger partial charge in [0.05, 0.1) is 157 Å². The Bertz CT molecular complexity index is 2430. The number of carbonyl (C=O) groups excluding carboxylic acids is 6. The topological polar surface area (TPSA) is 253 Å². The van der Waals surface area contributed by atoms with Crippen LogP contribution in [0.4, 0.5) is 0 Å². The summed E-state index contributed by atoms with van der Waals surface area (Å²) in [5.74, 6) is -9.32. The lowest BCUT2D eigenvalue weighted by Gasteiger charge is -2.37. The summed E-state index contributed by atoms with van der Waals surface area (Å²) in [6, 6.07) is 5.49. The van der Waals surface area contributed by atoms with E-state index in [9.17, 15) is 28.8 Å². The summed E-state index contributed by atoms with van der Waals surface area (Å²) in [4.78, 5) is 95.4. The SMILES string of the molecule is CCOC(=O)C1=C(COCCOCCN)N(OC(=O)/C=C/C(=O)ON2C(C)=C(C(=O)OC)[C@H](c3cc(Cl)cc(Cl)c3Cl)C(C(=O)OCC)=C2COCCOCCN)C(C)=C(C(=O)OC)[C@@H]1c1cc(Cl)cc(Cl)c1Cl. The lowest BCUT2D eigenvalue weighted by Crippen LogP contribution is -2.39. The van der Waals surface area contributed by atoms with Gasteiger partial charge in [0.25, 0.3) is 0 Å². The Hall–Kier alpha value is -4.94. The third-order valence-electron chi connectivity index (χ3n) is 10.6. The third kappa shape index (κ3) is 15.4. The molecule has 2 aromatic rings. The molecule has 2 aliphatic heterocycles. The predicted octanol–water partition coefficient (Wildman–Crippen LogP) is 7.09. The number of hydrogen-bond donors (Lipinski definition) is 2. The maximum atomic E-state index is 14.1. The lowest BCUT2D eigenvalue weighted by molar-refractivity contribution is -0.173. The first-order valence-corrected chi connectivity index (χ1v) is 24.7. The normalized spacial score (nSPS) is 16.0. The standard InChI is InChI=1S/C48H54Cl6N4O16/c1-7-71-47(63)41-33(23-69-17-15-67-13-11-55)57(25(3)37(45(61)65-5)39(41)29-19-27(49)21-31(51)43(29)53)73-35(59)9-10-36(60)74-58-26(4)38(46(62)66-6)40(30-20-28(50)22-32(52)44(30)54)42(48(64)72-8-2)34(58)24-70-18-16-68-14-12-56/h9-10,19-22,39-40H,7-8,11-18,23-24,55-56H2,1-6H3/b10-9+/t39-,40-/m0/s1. The van der Waals surface area contributed by atoms with Crippen LogP contribution < -0.4 is 11.5 Å². The Morgan fingerprint density at radius 3 is 1.20 bits per heavy atom. The molecule has 4 rings (SSSR count). The van der Waals surface area contributed by atoms with E-state index in [1.807, 2.05) is 0 Å². The average molecular weight is 1160 g/mol. The highest BCUT2D eigenvalue weighted by molar-refractivity contribution is 6.44. The van der Waals surface area contributed by atoms with Crippen molar-refractivity contribution in [2.75, 3.05) is 93.4 Å². The second-order valence-electron chi connectivity index (χ2n) is 15.2. The molecule has 404 valence electrons. The molecule has 26 heteroatoms. The average Bonchev–Trinajstić information content (AvgIpc) is 3.36. The minimum Gasteiger partial charge on any atom is -0.466 e. The van der Waals surface area contributed by atoms with Crippen molar-refractivity contribution in [3.8, 4) is 0 Å². The molecule has 0 amide bonds. The molecule has 2 aliphatic rings. The van der Waals surface area contributed by atoms with Crippen LogP contribution in [0.1, 0.15) is 50.7 Å². The molecular weight excluding hydrogens is 1100 g/mol. The van der Waals surface area contributed by atoms with E-state index in [4.69, 9.17) is 129 Å². The summed E-state index contributed by atoms with van der Waals surface area (Å²) < 4.78 is 43.9. The molecule has 0 aliphatic carbocycles. The number of ether oxygens (including phenoxy) is 8. The number of benzene rings is 2. The number of halogens is 6. The lowest BCUT2D eigenvalue weighted by atomic mass is 9.80. The predicted molar refractivity (Wildman–Crippen MR) is 272 cm³/mol. The highest BCUT2D eigenvalue weighted by Gasteiger charge is 2.46. The largest absolute Gasteiger partial charge is 0.466 e. The van der Waals surface area contributed by atoms with E-state index >= 15 is 0 Å². The van der Waals surface area contributed by atoms with Gasteiger partial charge in [-0.1, -0.05) is 69.6 Å². The number of methoxy groups -OCH3 is 2. The van der Waals surface area contributed by atoms with Crippen molar-refractivity contribution < 1.29 is 76.3 Å². The van der Waals surface area contributed by atoms with Crippen molar-refractivity contribution in [1.29, 1.82) is 0 Å². The molecule has 0 bridgehead atoms. The van der Waals surface area contributed by atoms with Gasteiger partial charge in [-0.15, -0.1) is 0 Å². The summed E-state index contributed by atoms with van der Waals surface area (Å²) in [6.07, 6.45) is 1.30. The van der Waals surface area contributed by atoms with Crippen LogP contribution in [0.2, 0.25) is 30.1 Å². The number of rotatable bonds is 26. The zero-order chi connectivity index (χ0) is 54.8. The van der Waals surface area contributed by atoms with Gasteiger partial charge in [0.15, 0.2) is 0 Å². The van der Waals surface area contributed by atoms with Gasteiger partial charge in [-0.3, -0.25) is 0 Å². The first kappa shape index (κ1) is 61.6. The zero-order valence-electron chi connectivity index (χ0n) is 41.0. The van der Waals surface area contributed by atoms with Gasteiger partial charge in [0, 0.05) is 35.3 Å². The minimum atomic E-state index is -1.40. The summed E-state index contributed by atoms with van der Waals surface area (Å²) in [6.45, 7) is 5.49. The highest BCUT2D eigenvalue weighted by atomic mass is 35.5. The molecular formula is C48H54Cl6N4O16. The molecule has 0 spiro atoms. The Morgan fingerprint density at radius 1 is 0.527 bits per heavy atom. The number of nitrogens with two attached hydrogens (primary N) is 2. The number of carbonyl (C=O) groups is 6. The number of esters is 4. The molecule has 2 heterocycles. The maximum absolute atomic E-state index is 14.1. The van der Waals surface area contributed by atoms with Crippen LogP contribution in [-0.2, 0) is 76.3 Å². The van der Waals surface area contributed by atoms with Crippen LogP contribution in [0.15, 0.2) is 81.5 Å². The zero-order valence-corrected chi connectivity index (χ0v) is 45.5. The Morgan fingerprint density at radius 2 is 0.878 bits per heavy atom. The molecule has 0 saturated carbocycles. The maximum Gasteiger partial charge on any atom is 0.356 e. The number of nitrogens with zero attached hydrogens (tertiary/aromatic N) is 2. The summed E-state index contributed by atoms with van der Waals surface area (Å²) in [7, 11) is 2.17. The second kappa shape index (κ2) is 30.0. The van der Waals surface area contributed by atoms with Crippen LogP contribution >= 0.6 is 69.6 Å². The molecule has 2 atom stereocenters. The van der Waals surface area contributed by atoms with Gasteiger partial charge in [-0.2, -0.15) is 10.1 Å². The summed E-state index contributed by atoms with van der Waals surface area (Å²) in [5, 5.41) is 1.64. The summed E-state index contributed by atoms with van der Waals surface area (Å²) >= 11 is 39.3.